The fourth-order valence-corrected chi connectivity index (χ4v) is 3.87. The molecular formula is C15H19BrN2O. The van der Waals surface area contributed by atoms with Crippen LogP contribution in [0, 0.1) is 0 Å². The molecule has 0 spiro atoms. The van der Waals surface area contributed by atoms with E-state index in [2.05, 4.69) is 45.0 Å². The minimum absolute atomic E-state index is 0.450. The van der Waals surface area contributed by atoms with Crippen molar-refractivity contribution in [2.75, 3.05) is 13.7 Å². The zero-order valence-electron chi connectivity index (χ0n) is 11.4. The Bertz CT molecular complexity index is 600. The molecule has 2 aromatic rings. The molecule has 1 aliphatic heterocycles. The van der Waals surface area contributed by atoms with E-state index in [1.807, 2.05) is 6.07 Å². The lowest BCUT2D eigenvalue weighted by Crippen LogP contribution is -2.28. The monoisotopic (exact) mass is 322 g/mol. The van der Waals surface area contributed by atoms with Gasteiger partial charge in [0.1, 0.15) is 5.75 Å². The van der Waals surface area contributed by atoms with Gasteiger partial charge in [0.05, 0.1) is 12.6 Å². The highest BCUT2D eigenvalue weighted by Gasteiger charge is 2.23. The summed E-state index contributed by atoms with van der Waals surface area (Å²) in [6, 6.07) is 6.70. The first-order valence-electron chi connectivity index (χ1n) is 6.77. The molecule has 0 bridgehead atoms. The van der Waals surface area contributed by atoms with Crippen LogP contribution in [0.5, 0.6) is 5.75 Å². The normalized spacial score (nSPS) is 19.8. The third-order valence-electron chi connectivity index (χ3n) is 4.03. The zero-order valence-corrected chi connectivity index (χ0v) is 13.0. The van der Waals surface area contributed by atoms with E-state index in [1.165, 1.54) is 40.3 Å². The summed E-state index contributed by atoms with van der Waals surface area (Å²) in [5.41, 5.74) is 2.57. The molecule has 0 saturated carbocycles. The molecular weight excluding hydrogens is 304 g/mol. The molecule has 0 amide bonds. The fraction of sp³-hybridized carbons (Fsp3) is 0.467. The second-order valence-corrected chi connectivity index (χ2v) is 5.94. The molecule has 1 fully saturated rings. The van der Waals surface area contributed by atoms with Crippen molar-refractivity contribution < 1.29 is 4.74 Å². The minimum atomic E-state index is 0.450. The van der Waals surface area contributed by atoms with Crippen LogP contribution in [0.4, 0.5) is 0 Å². The SMILES string of the molecule is COc1ccc2c(Br)c(C3CCCCN3)n(C)c2c1. The average Bonchev–Trinajstić information content (AvgIpc) is 2.71. The van der Waals surface area contributed by atoms with Gasteiger partial charge in [-0.2, -0.15) is 0 Å². The first-order chi connectivity index (χ1) is 9.22. The predicted octanol–water partition coefficient (Wildman–Crippen LogP) is 3.76. The third kappa shape index (κ3) is 2.17. The van der Waals surface area contributed by atoms with E-state index in [4.69, 9.17) is 4.74 Å². The van der Waals surface area contributed by atoms with Gasteiger partial charge in [-0.1, -0.05) is 6.42 Å². The average molecular weight is 323 g/mol. The Morgan fingerprint density at radius 3 is 2.89 bits per heavy atom. The number of halogens is 1. The molecule has 3 rings (SSSR count). The number of piperidine rings is 1. The third-order valence-corrected chi connectivity index (χ3v) is 4.86. The topological polar surface area (TPSA) is 26.2 Å². The summed E-state index contributed by atoms with van der Waals surface area (Å²) in [6.07, 6.45) is 3.79. The van der Waals surface area contributed by atoms with Crippen LogP contribution in [0.2, 0.25) is 0 Å². The van der Waals surface area contributed by atoms with Crippen LogP contribution >= 0.6 is 15.9 Å². The Balaban J connectivity index is 2.13. The molecule has 2 heterocycles. The summed E-state index contributed by atoms with van der Waals surface area (Å²) in [7, 11) is 3.85. The summed E-state index contributed by atoms with van der Waals surface area (Å²) in [4.78, 5) is 0. The maximum absolute atomic E-state index is 5.33. The number of aromatic nitrogens is 1. The second-order valence-electron chi connectivity index (χ2n) is 5.14. The van der Waals surface area contributed by atoms with E-state index in [-0.39, 0.29) is 0 Å². The number of ether oxygens (including phenoxy) is 1. The Morgan fingerprint density at radius 1 is 1.37 bits per heavy atom. The van der Waals surface area contributed by atoms with E-state index in [0.717, 1.165) is 12.3 Å². The first-order valence-corrected chi connectivity index (χ1v) is 7.57. The van der Waals surface area contributed by atoms with Crippen LogP contribution in [-0.4, -0.2) is 18.2 Å². The number of rotatable bonds is 2. The van der Waals surface area contributed by atoms with Crippen molar-refractivity contribution in [2.45, 2.75) is 25.3 Å². The lowest BCUT2D eigenvalue weighted by molar-refractivity contribution is 0.398. The summed E-state index contributed by atoms with van der Waals surface area (Å²) in [5, 5.41) is 4.88. The highest BCUT2D eigenvalue weighted by Crippen LogP contribution is 2.37. The van der Waals surface area contributed by atoms with Gasteiger partial charge in [0.15, 0.2) is 0 Å². The van der Waals surface area contributed by atoms with E-state index < -0.39 is 0 Å². The van der Waals surface area contributed by atoms with Crippen molar-refractivity contribution in [2.24, 2.45) is 7.05 Å². The molecule has 102 valence electrons. The molecule has 0 radical (unpaired) electrons. The Hall–Kier alpha value is -1.00. The Morgan fingerprint density at radius 2 is 2.21 bits per heavy atom. The molecule has 0 aliphatic carbocycles. The van der Waals surface area contributed by atoms with Gasteiger partial charge in [0.25, 0.3) is 0 Å². The van der Waals surface area contributed by atoms with E-state index in [1.54, 1.807) is 7.11 Å². The van der Waals surface area contributed by atoms with E-state index in [0.29, 0.717) is 6.04 Å². The van der Waals surface area contributed by atoms with Crippen molar-refractivity contribution in [1.29, 1.82) is 0 Å². The molecule has 1 aromatic carbocycles. The number of hydrogen-bond acceptors (Lipinski definition) is 2. The highest BCUT2D eigenvalue weighted by molar-refractivity contribution is 9.10. The van der Waals surface area contributed by atoms with E-state index >= 15 is 0 Å². The van der Waals surface area contributed by atoms with Crippen molar-refractivity contribution in [1.82, 2.24) is 9.88 Å². The van der Waals surface area contributed by atoms with E-state index in [9.17, 15) is 0 Å². The molecule has 1 saturated heterocycles. The molecule has 19 heavy (non-hydrogen) atoms. The van der Waals surface area contributed by atoms with Crippen LogP contribution in [0.1, 0.15) is 31.0 Å². The Kier molecular flexibility index (Phi) is 3.54. The van der Waals surface area contributed by atoms with Crippen molar-refractivity contribution in [3.05, 3.63) is 28.4 Å². The van der Waals surface area contributed by atoms with Crippen molar-refractivity contribution in [3.8, 4) is 5.75 Å². The number of fused-ring (bicyclic) bond motifs is 1. The molecule has 1 aromatic heterocycles. The smallest absolute Gasteiger partial charge is 0.120 e. The molecule has 4 heteroatoms. The molecule has 1 N–H and O–H groups in total. The lowest BCUT2D eigenvalue weighted by Gasteiger charge is -2.24. The number of hydrogen-bond donors (Lipinski definition) is 1. The molecule has 1 atom stereocenters. The van der Waals surface area contributed by atoms with Crippen LogP contribution in [0.25, 0.3) is 10.9 Å². The van der Waals surface area contributed by atoms with Crippen molar-refractivity contribution >= 4 is 26.8 Å². The van der Waals surface area contributed by atoms with Crippen LogP contribution in [0.3, 0.4) is 0 Å². The summed E-state index contributed by atoms with van der Waals surface area (Å²) < 4.78 is 8.83. The number of methoxy groups -OCH3 is 1. The van der Waals surface area contributed by atoms with Crippen LogP contribution in [-0.2, 0) is 7.05 Å². The van der Waals surface area contributed by atoms with Crippen LogP contribution < -0.4 is 10.1 Å². The maximum Gasteiger partial charge on any atom is 0.120 e. The molecule has 1 aliphatic rings. The van der Waals surface area contributed by atoms with Gasteiger partial charge in [0.2, 0.25) is 0 Å². The first kappa shape index (κ1) is 13.0. The van der Waals surface area contributed by atoms with Gasteiger partial charge < -0.3 is 14.6 Å². The second kappa shape index (κ2) is 5.17. The van der Waals surface area contributed by atoms with Gasteiger partial charge in [-0.3, -0.25) is 0 Å². The van der Waals surface area contributed by atoms with Crippen LogP contribution in [0.15, 0.2) is 22.7 Å². The number of nitrogens with zero attached hydrogens (tertiary/aromatic N) is 1. The molecule has 1 unspecified atom stereocenters. The largest absolute Gasteiger partial charge is 0.497 e. The highest BCUT2D eigenvalue weighted by atomic mass is 79.9. The number of benzene rings is 1. The van der Waals surface area contributed by atoms with Gasteiger partial charge in [-0.05, 0) is 47.4 Å². The van der Waals surface area contributed by atoms with Gasteiger partial charge >= 0.3 is 0 Å². The summed E-state index contributed by atoms with van der Waals surface area (Å²) >= 11 is 3.78. The van der Waals surface area contributed by atoms with Gasteiger partial charge in [-0.25, -0.2) is 0 Å². The minimum Gasteiger partial charge on any atom is -0.497 e. The standard InChI is InChI=1S/C15H19BrN2O/c1-18-13-9-10(19-2)6-7-11(13)14(16)15(18)12-5-3-4-8-17-12/h6-7,9,12,17H,3-5,8H2,1-2H3. The van der Waals surface area contributed by atoms with Gasteiger partial charge in [0, 0.05) is 34.7 Å². The zero-order chi connectivity index (χ0) is 13.4. The summed E-state index contributed by atoms with van der Waals surface area (Å²) in [6.45, 7) is 1.11. The summed E-state index contributed by atoms with van der Waals surface area (Å²) in [5.74, 6) is 0.906. The van der Waals surface area contributed by atoms with Gasteiger partial charge in [-0.15, -0.1) is 0 Å². The predicted molar refractivity (Wildman–Crippen MR) is 81.8 cm³/mol. The number of nitrogens with one attached hydrogen (secondary N) is 1. The quantitative estimate of drug-likeness (QED) is 0.911. The molecule has 3 nitrogen and oxygen atoms in total. The fourth-order valence-electron chi connectivity index (χ4n) is 2.99. The maximum atomic E-state index is 5.33. The Labute approximate surface area is 122 Å². The number of aryl methyl sites for hydroxylation is 1. The lowest BCUT2D eigenvalue weighted by atomic mass is 10.0. The van der Waals surface area contributed by atoms with Crippen molar-refractivity contribution in [3.63, 3.8) is 0 Å².